The standard InChI is InChI=1S/C30H36Cl2N6O4/c1-17-25(29-23(8-7-13-38(29)33-17)35(2)16-18-14-19(15-31)37(4)34-18)26-22(32)11-9-20-21(10-12-24(39)41-5)28(30(40)42-6)36(3)27(20)26/h9,11,14,23H,7-8,10,12-13,15-16H2,1-6H3/t23-/m1/s1. The average Bonchev–Trinajstić information content (AvgIpc) is 3.60. The van der Waals surface area contributed by atoms with Gasteiger partial charge in [-0.2, -0.15) is 10.2 Å². The zero-order valence-electron chi connectivity index (χ0n) is 24.8. The summed E-state index contributed by atoms with van der Waals surface area (Å²) in [6.45, 7) is 3.45. The summed E-state index contributed by atoms with van der Waals surface area (Å²) >= 11 is 13.1. The highest BCUT2D eigenvalue weighted by Crippen LogP contribution is 2.46. The van der Waals surface area contributed by atoms with Crippen LogP contribution < -0.4 is 0 Å². The van der Waals surface area contributed by atoms with Crippen molar-refractivity contribution in [2.45, 2.75) is 57.6 Å². The van der Waals surface area contributed by atoms with Gasteiger partial charge in [0.1, 0.15) is 5.69 Å². The molecule has 0 aliphatic carbocycles. The minimum absolute atomic E-state index is 0.0573. The zero-order chi connectivity index (χ0) is 30.3. The van der Waals surface area contributed by atoms with E-state index >= 15 is 0 Å². The summed E-state index contributed by atoms with van der Waals surface area (Å²) in [5.41, 5.74) is 7.54. The van der Waals surface area contributed by atoms with E-state index in [1.54, 1.807) is 0 Å². The highest BCUT2D eigenvalue weighted by molar-refractivity contribution is 6.35. The molecule has 0 spiro atoms. The van der Waals surface area contributed by atoms with Crippen molar-refractivity contribution in [1.29, 1.82) is 0 Å². The van der Waals surface area contributed by atoms with E-state index in [-0.39, 0.29) is 18.4 Å². The van der Waals surface area contributed by atoms with Crippen molar-refractivity contribution in [3.63, 3.8) is 0 Å². The number of aromatic nitrogens is 5. The SMILES string of the molecule is COC(=O)CCc1c(C(=O)OC)n(C)c2c(-c3c(C)nn4c3[C@H](N(C)Cc3cc(CCl)n(C)n3)CCC4)c(Cl)ccc12. The molecule has 12 heteroatoms. The molecule has 1 aliphatic heterocycles. The lowest BCUT2D eigenvalue weighted by molar-refractivity contribution is -0.140. The lowest BCUT2D eigenvalue weighted by atomic mass is 9.92. The molecular formula is C30H36Cl2N6O4. The quantitative estimate of drug-likeness (QED) is 0.185. The van der Waals surface area contributed by atoms with Gasteiger partial charge < -0.3 is 14.0 Å². The lowest BCUT2D eigenvalue weighted by Gasteiger charge is -2.32. The summed E-state index contributed by atoms with van der Waals surface area (Å²) in [6, 6.07) is 5.86. The number of hydrogen-bond donors (Lipinski definition) is 0. The third-order valence-electron chi connectivity index (χ3n) is 8.28. The molecule has 0 radical (unpaired) electrons. The normalized spacial score (nSPS) is 14.9. The van der Waals surface area contributed by atoms with Crippen molar-refractivity contribution in [2.24, 2.45) is 14.1 Å². The molecule has 0 unspecified atom stereocenters. The highest BCUT2D eigenvalue weighted by atomic mass is 35.5. The van der Waals surface area contributed by atoms with E-state index in [4.69, 9.17) is 37.8 Å². The Kier molecular flexibility index (Phi) is 8.68. The van der Waals surface area contributed by atoms with Gasteiger partial charge >= 0.3 is 11.9 Å². The van der Waals surface area contributed by atoms with E-state index in [0.29, 0.717) is 29.6 Å². The van der Waals surface area contributed by atoms with Crippen molar-refractivity contribution in [3.05, 3.63) is 57.3 Å². The third-order valence-corrected chi connectivity index (χ3v) is 8.87. The van der Waals surface area contributed by atoms with Crippen LogP contribution in [0.15, 0.2) is 18.2 Å². The average molecular weight is 616 g/mol. The molecule has 5 rings (SSSR count). The molecule has 4 aromatic rings. The summed E-state index contributed by atoms with van der Waals surface area (Å²) in [5, 5.41) is 11.0. The van der Waals surface area contributed by atoms with Gasteiger partial charge in [0, 0.05) is 50.1 Å². The van der Waals surface area contributed by atoms with Crippen LogP contribution in [0, 0.1) is 6.92 Å². The second-order valence-corrected chi connectivity index (χ2v) is 11.5. The Morgan fingerprint density at radius 1 is 1.14 bits per heavy atom. The number of esters is 2. The summed E-state index contributed by atoms with van der Waals surface area (Å²) in [6.07, 6.45) is 2.39. The molecule has 3 aromatic heterocycles. The van der Waals surface area contributed by atoms with Crippen LogP contribution in [0.4, 0.5) is 0 Å². The predicted octanol–water partition coefficient (Wildman–Crippen LogP) is 5.34. The minimum Gasteiger partial charge on any atom is -0.469 e. The fourth-order valence-electron chi connectivity index (χ4n) is 6.33. The Morgan fingerprint density at radius 3 is 2.57 bits per heavy atom. The molecule has 1 atom stereocenters. The molecule has 224 valence electrons. The molecule has 1 aliphatic rings. The van der Waals surface area contributed by atoms with Crippen LogP contribution in [0.3, 0.4) is 0 Å². The van der Waals surface area contributed by atoms with Crippen molar-refractivity contribution in [2.75, 3.05) is 21.3 Å². The smallest absolute Gasteiger partial charge is 0.354 e. The van der Waals surface area contributed by atoms with Crippen LogP contribution >= 0.6 is 23.2 Å². The number of carbonyl (C=O) groups excluding carboxylic acids is 2. The van der Waals surface area contributed by atoms with Gasteiger partial charge in [-0.25, -0.2) is 4.79 Å². The molecule has 10 nitrogen and oxygen atoms in total. The van der Waals surface area contributed by atoms with E-state index in [2.05, 4.69) is 21.7 Å². The Hall–Kier alpha value is -3.34. The first kappa shape index (κ1) is 30.1. The van der Waals surface area contributed by atoms with Gasteiger partial charge in [0.2, 0.25) is 0 Å². The third kappa shape index (κ3) is 5.20. The maximum Gasteiger partial charge on any atom is 0.354 e. The second-order valence-electron chi connectivity index (χ2n) is 10.8. The number of benzene rings is 1. The van der Waals surface area contributed by atoms with Crippen molar-refractivity contribution >= 4 is 46.0 Å². The second kappa shape index (κ2) is 12.1. The summed E-state index contributed by atoms with van der Waals surface area (Å²) in [5.74, 6) is -0.426. The molecule has 42 heavy (non-hydrogen) atoms. The van der Waals surface area contributed by atoms with E-state index in [1.807, 2.05) is 48.5 Å². The predicted molar refractivity (Wildman–Crippen MR) is 162 cm³/mol. The Morgan fingerprint density at radius 2 is 1.90 bits per heavy atom. The van der Waals surface area contributed by atoms with Crippen LogP contribution in [0.1, 0.15) is 64.1 Å². The van der Waals surface area contributed by atoms with Crippen LogP contribution in [0.2, 0.25) is 5.02 Å². The number of nitrogens with zero attached hydrogens (tertiary/aromatic N) is 6. The van der Waals surface area contributed by atoms with Crippen LogP contribution in [0.25, 0.3) is 22.0 Å². The van der Waals surface area contributed by atoms with E-state index in [1.165, 1.54) is 14.2 Å². The fraction of sp³-hybridized carbons (Fsp3) is 0.467. The van der Waals surface area contributed by atoms with Crippen molar-refractivity contribution in [3.8, 4) is 11.1 Å². The minimum atomic E-state index is -0.478. The molecule has 1 aromatic carbocycles. The maximum atomic E-state index is 13.1. The molecule has 0 amide bonds. The fourth-order valence-corrected chi connectivity index (χ4v) is 6.83. The Labute approximate surface area is 255 Å². The van der Waals surface area contributed by atoms with Gasteiger partial charge in [-0.15, -0.1) is 11.6 Å². The van der Waals surface area contributed by atoms with Crippen LogP contribution in [0.5, 0.6) is 0 Å². The van der Waals surface area contributed by atoms with Gasteiger partial charge in [-0.05, 0) is 50.9 Å². The summed E-state index contributed by atoms with van der Waals surface area (Å²) in [4.78, 5) is 27.4. The van der Waals surface area contributed by atoms with E-state index in [0.717, 1.165) is 69.8 Å². The van der Waals surface area contributed by atoms with E-state index in [9.17, 15) is 9.59 Å². The van der Waals surface area contributed by atoms with Gasteiger partial charge in [0.25, 0.3) is 0 Å². The van der Waals surface area contributed by atoms with Crippen molar-refractivity contribution in [1.82, 2.24) is 29.0 Å². The summed E-state index contributed by atoms with van der Waals surface area (Å²) < 4.78 is 15.8. The Bertz CT molecular complexity index is 1670. The van der Waals surface area contributed by atoms with Gasteiger partial charge in [-0.3, -0.25) is 19.1 Å². The number of carbonyl (C=O) groups is 2. The number of rotatable bonds is 9. The molecule has 4 heterocycles. The van der Waals surface area contributed by atoms with Gasteiger partial charge in [0.15, 0.2) is 0 Å². The number of ether oxygens (including phenoxy) is 2. The Balaban J connectivity index is 1.68. The van der Waals surface area contributed by atoms with E-state index < -0.39 is 5.97 Å². The summed E-state index contributed by atoms with van der Waals surface area (Å²) in [7, 11) is 8.55. The maximum absolute atomic E-state index is 13.1. The first-order chi connectivity index (χ1) is 20.1. The number of fused-ring (bicyclic) bond motifs is 2. The first-order valence-corrected chi connectivity index (χ1v) is 14.8. The van der Waals surface area contributed by atoms with Crippen LogP contribution in [-0.2, 0) is 53.8 Å². The number of methoxy groups -OCH3 is 2. The first-order valence-electron chi connectivity index (χ1n) is 13.9. The molecule has 0 saturated heterocycles. The van der Waals surface area contributed by atoms with Gasteiger partial charge in [-0.1, -0.05) is 17.7 Å². The zero-order valence-corrected chi connectivity index (χ0v) is 26.3. The largest absolute Gasteiger partial charge is 0.469 e. The lowest BCUT2D eigenvalue weighted by Crippen LogP contribution is -2.30. The van der Waals surface area contributed by atoms with Crippen molar-refractivity contribution < 1.29 is 19.1 Å². The molecule has 0 N–H and O–H groups in total. The number of halogens is 2. The van der Waals surface area contributed by atoms with Crippen LogP contribution in [-0.4, -0.2) is 62.2 Å². The number of hydrogen-bond acceptors (Lipinski definition) is 7. The molecular weight excluding hydrogens is 579 g/mol. The monoisotopic (exact) mass is 614 g/mol. The number of aryl methyl sites for hydroxylation is 5. The number of alkyl halides is 1. The molecule has 0 bridgehead atoms. The topological polar surface area (TPSA) is 96.4 Å². The molecule has 0 fully saturated rings. The van der Waals surface area contributed by atoms with Gasteiger partial charge in [0.05, 0.1) is 59.5 Å². The highest BCUT2D eigenvalue weighted by Gasteiger charge is 2.34. The molecule has 0 saturated carbocycles.